The standard InChI is InChI=1S/C10H10ClFN2O3/c11-7-2-1-3-8(12)6(7)4-10(16)14-17-5-9(13)15/h1-3H,4-5H2,(H2,13,15)(H,14,16). The minimum absolute atomic E-state index is 0.0642. The first-order chi connectivity index (χ1) is 8.00. The van der Waals surface area contributed by atoms with Crippen molar-refractivity contribution in [1.29, 1.82) is 0 Å². The van der Waals surface area contributed by atoms with Crippen LogP contribution in [0.4, 0.5) is 4.39 Å². The van der Waals surface area contributed by atoms with Gasteiger partial charge in [0.05, 0.1) is 6.42 Å². The van der Waals surface area contributed by atoms with Crippen LogP contribution in [-0.4, -0.2) is 18.4 Å². The zero-order valence-corrected chi connectivity index (χ0v) is 9.46. The van der Waals surface area contributed by atoms with Crippen LogP contribution < -0.4 is 11.2 Å². The Hall–Kier alpha value is -1.66. The molecule has 0 fully saturated rings. The summed E-state index contributed by atoms with van der Waals surface area (Å²) in [6.45, 7) is -0.448. The van der Waals surface area contributed by atoms with E-state index in [0.29, 0.717) is 0 Å². The van der Waals surface area contributed by atoms with Gasteiger partial charge in [0.15, 0.2) is 6.61 Å². The van der Waals surface area contributed by atoms with E-state index in [1.165, 1.54) is 18.2 Å². The molecule has 0 aliphatic carbocycles. The Labute approximate surface area is 102 Å². The van der Waals surface area contributed by atoms with Gasteiger partial charge in [-0.15, -0.1) is 0 Å². The lowest BCUT2D eigenvalue weighted by Crippen LogP contribution is -2.30. The van der Waals surface area contributed by atoms with E-state index in [1.54, 1.807) is 0 Å². The molecule has 0 heterocycles. The Morgan fingerprint density at radius 1 is 1.47 bits per heavy atom. The van der Waals surface area contributed by atoms with E-state index >= 15 is 0 Å². The molecular weight excluding hydrogens is 251 g/mol. The predicted octanol–water partition coefficient (Wildman–Crippen LogP) is 0.555. The van der Waals surface area contributed by atoms with Crippen LogP contribution in [0.5, 0.6) is 0 Å². The second-order valence-corrected chi connectivity index (χ2v) is 3.56. The van der Waals surface area contributed by atoms with Gasteiger partial charge in [0.25, 0.3) is 0 Å². The number of nitrogens with two attached hydrogens (primary N) is 1. The van der Waals surface area contributed by atoms with Crippen molar-refractivity contribution in [3.05, 3.63) is 34.6 Å². The molecule has 3 N–H and O–H groups in total. The summed E-state index contributed by atoms with van der Waals surface area (Å²) in [5.74, 6) is -1.94. The Balaban J connectivity index is 2.53. The van der Waals surface area contributed by atoms with Crippen LogP contribution >= 0.6 is 11.6 Å². The number of primary amides is 1. The largest absolute Gasteiger partial charge is 0.368 e. The summed E-state index contributed by atoms with van der Waals surface area (Å²) in [6.07, 6.45) is -0.287. The van der Waals surface area contributed by atoms with Crippen LogP contribution in [0.3, 0.4) is 0 Å². The lowest BCUT2D eigenvalue weighted by molar-refractivity contribution is -0.137. The number of benzene rings is 1. The Morgan fingerprint density at radius 3 is 2.76 bits per heavy atom. The quantitative estimate of drug-likeness (QED) is 0.759. The molecule has 0 aromatic heterocycles. The van der Waals surface area contributed by atoms with Gasteiger partial charge in [-0.25, -0.2) is 9.87 Å². The van der Waals surface area contributed by atoms with Crippen molar-refractivity contribution in [2.75, 3.05) is 6.61 Å². The van der Waals surface area contributed by atoms with Crippen LogP contribution in [-0.2, 0) is 20.8 Å². The van der Waals surface area contributed by atoms with Gasteiger partial charge in [0.2, 0.25) is 11.8 Å². The number of hydroxylamine groups is 1. The van der Waals surface area contributed by atoms with Gasteiger partial charge in [-0.2, -0.15) is 0 Å². The molecule has 0 aliphatic rings. The third-order valence-corrected chi connectivity index (χ3v) is 2.15. The fourth-order valence-electron chi connectivity index (χ4n) is 1.09. The highest BCUT2D eigenvalue weighted by Crippen LogP contribution is 2.19. The average Bonchev–Trinajstić information content (AvgIpc) is 2.23. The van der Waals surface area contributed by atoms with Crippen molar-refractivity contribution in [3.8, 4) is 0 Å². The van der Waals surface area contributed by atoms with E-state index in [1.807, 2.05) is 5.48 Å². The molecule has 7 heteroatoms. The molecule has 0 saturated carbocycles. The van der Waals surface area contributed by atoms with Crippen LogP contribution in [0.25, 0.3) is 0 Å². The minimum atomic E-state index is -0.728. The first kappa shape index (κ1) is 13.4. The fraction of sp³-hybridized carbons (Fsp3) is 0.200. The smallest absolute Gasteiger partial charge is 0.248 e. The lowest BCUT2D eigenvalue weighted by atomic mass is 10.1. The summed E-state index contributed by atoms with van der Waals surface area (Å²) in [4.78, 5) is 26.1. The minimum Gasteiger partial charge on any atom is -0.368 e. The Kier molecular flexibility index (Phi) is 4.86. The second kappa shape index (κ2) is 6.17. The second-order valence-electron chi connectivity index (χ2n) is 3.16. The van der Waals surface area contributed by atoms with Crippen molar-refractivity contribution >= 4 is 23.4 Å². The highest BCUT2D eigenvalue weighted by atomic mass is 35.5. The maximum Gasteiger partial charge on any atom is 0.248 e. The summed E-state index contributed by atoms with van der Waals surface area (Å²) in [7, 11) is 0. The van der Waals surface area contributed by atoms with Crippen molar-refractivity contribution in [1.82, 2.24) is 5.48 Å². The summed E-state index contributed by atoms with van der Waals surface area (Å²) < 4.78 is 13.3. The molecule has 0 unspecified atom stereocenters. The molecule has 0 spiro atoms. The Morgan fingerprint density at radius 2 is 2.18 bits per heavy atom. The van der Waals surface area contributed by atoms with E-state index in [-0.39, 0.29) is 17.0 Å². The molecule has 0 saturated heterocycles. The number of rotatable bonds is 5. The van der Waals surface area contributed by atoms with Gasteiger partial charge >= 0.3 is 0 Å². The molecular formula is C10H10ClFN2O3. The van der Waals surface area contributed by atoms with Gasteiger partial charge in [-0.1, -0.05) is 17.7 Å². The number of carbonyl (C=O) groups excluding carboxylic acids is 2. The zero-order valence-electron chi connectivity index (χ0n) is 8.70. The summed E-state index contributed by atoms with van der Waals surface area (Å²) in [6, 6.07) is 4.10. The van der Waals surface area contributed by atoms with Crippen LogP contribution in [0, 0.1) is 5.82 Å². The third kappa shape index (κ3) is 4.38. The summed E-state index contributed by atoms with van der Waals surface area (Å²) in [5, 5.41) is 0.148. The molecule has 92 valence electrons. The highest BCUT2D eigenvalue weighted by Gasteiger charge is 2.11. The number of nitrogens with one attached hydrogen (secondary N) is 1. The fourth-order valence-corrected chi connectivity index (χ4v) is 1.32. The predicted molar refractivity (Wildman–Crippen MR) is 58.4 cm³/mol. The molecule has 0 bridgehead atoms. The number of carbonyl (C=O) groups is 2. The number of hydrogen-bond acceptors (Lipinski definition) is 3. The summed E-state index contributed by atoms with van der Waals surface area (Å²) >= 11 is 5.72. The molecule has 1 aromatic carbocycles. The molecule has 1 aromatic rings. The average molecular weight is 261 g/mol. The molecule has 17 heavy (non-hydrogen) atoms. The van der Waals surface area contributed by atoms with E-state index in [9.17, 15) is 14.0 Å². The molecule has 2 amide bonds. The van der Waals surface area contributed by atoms with Crippen LogP contribution in [0.1, 0.15) is 5.56 Å². The molecule has 5 nitrogen and oxygen atoms in total. The van der Waals surface area contributed by atoms with Crippen LogP contribution in [0.2, 0.25) is 5.02 Å². The van der Waals surface area contributed by atoms with Crippen molar-refractivity contribution < 1.29 is 18.8 Å². The maximum atomic E-state index is 13.3. The van der Waals surface area contributed by atoms with Crippen LogP contribution in [0.15, 0.2) is 18.2 Å². The first-order valence-corrected chi connectivity index (χ1v) is 5.00. The third-order valence-electron chi connectivity index (χ3n) is 1.80. The van der Waals surface area contributed by atoms with Crippen molar-refractivity contribution in [2.45, 2.75) is 6.42 Å². The first-order valence-electron chi connectivity index (χ1n) is 4.62. The van der Waals surface area contributed by atoms with E-state index in [4.69, 9.17) is 17.3 Å². The number of amides is 2. The van der Waals surface area contributed by atoms with Gasteiger partial charge < -0.3 is 5.73 Å². The van der Waals surface area contributed by atoms with Gasteiger partial charge in [-0.3, -0.25) is 14.4 Å². The molecule has 0 aliphatic heterocycles. The highest BCUT2D eigenvalue weighted by molar-refractivity contribution is 6.31. The SMILES string of the molecule is NC(=O)CONC(=O)Cc1c(F)cccc1Cl. The maximum absolute atomic E-state index is 13.3. The molecule has 1 rings (SSSR count). The molecule has 0 radical (unpaired) electrons. The molecule has 0 atom stereocenters. The van der Waals surface area contributed by atoms with Gasteiger partial charge in [-0.05, 0) is 12.1 Å². The zero-order chi connectivity index (χ0) is 12.8. The number of halogens is 2. The lowest BCUT2D eigenvalue weighted by Gasteiger charge is -2.06. The van der Waals surface area contributed by atoms with E-state index < -0.39 is 24.2 Å². The van der Waals surface area contributed by atoms with E-state index in [0.717, 1.165) is 0 Å². The Bertz CT molecular complexity index is 419. The normalized spacial score (nSPS) is 10.0. The van der Waals surface area contributed by atoms with Crippen molar-refractivity contribution in [3.63, 3.8) is 0 Å². The van der Waals surface area contributed by atoms with E-state index in [2.05, 4.69) is 4.84 Å². The van der Waals surface area contributed by atoms with Gasteiger partial charge in [0.1, 0.15) is 5.82 Å². The summed E-state index contributed by atoms with van der Waals surface area (Å²) in [5.41, 5.74) is 6.80. The van der Waals surface area contributed by atoms with Crippen molar-refractivity contribution in [2.24, 2.45) is 5.73 Å². The monoisotopic (exact) mass is 260 g/mol. The topological polar surface area (TPSA) is 81.4 Å². The number of hydrogen-bond donors (Lipinski definition) is 2. The van der Waals surface area contributed by atoms with Gasteiger partial charge in [0, 0.05) is 10.6 Å².